The molecule has 2 unspecified atom stereocenters. The van der Waals surface area contributed by atoms with Crippen molar-refractivity contribution >= 4 is 11.8 Å². The van der Waals surface area contributed by atoms with Gasteiger partial charge in [-0.1, -0.05) is 0 Å². The zero-order valence-corrected chi connectivity index (χ0v) is 9.67. The van der Waals surface area contributed by atoms with Gasteiger partial charge in [0, 0.05) is 19.0 Å². The summed E-state index contributed by atoms with van der Waals surface area (Å²) in [6.07, 6.45) is -5.33. The maximum atomic E-state index is 12.2. The summed E-state index contributed by atoms with van der Waals surface area (Å²) < 4.78 is 36.7. The van der Waals surface area contributed by atoms with Crippen LogP contribution in [0, 0.1) is 0 Å². The van der Waals surface area contributed by atoms with E-state index in [9.17, 15) is 22.8 Å². The SMILES string of the molecule is CC1NC(=O)CCN(C(C)CC(F)(F)F)C1=O. The molecule has 1 N–H and O–H groups in total. The summed E-state index contributed by atoms with van der Waals surface area (Å²) in [6, 6.07) is -1.71. The van der Waals surface area contributed by atoms with Crippen LogP contribution in [0.3, 0.4) is 0 Å². The van der Waals surface area contributed by atoms with Gasteiger partial charge in [0.1, 0.15) is 6.04 Å². The van der Waals surface area contributed by atoms with Crippen LogP contribution in [0.15, 0.2) is 0 Å². The molecule has 4 nitrogen and oxygen atoms in total. The average molecular weight is 252 g/mol. The second kappa shape index (κ2) is 4.93. The summed E-state index contributed by atoms with van der Waals surface area (Å²) in [4.78, 5) is 24.1. The molecule has 17 heavy (non-hydrogen) atoms. The van der Waals surface area contributed by atoms with Crippen molar-refractivity contribution in [3.8, 4) is 0 Å². The molecule has 0 bridgehead atoms. The molecule has 1 aliphatic rings. The predicted octanol–water partition coefficient (Wildman–Crippen LogP) is 1.06. The van der Waals surface area contributed by atoms with Gasteiger partial charge < -0.3 is 10.2 Å². The Morgan fingerprint density at radius 2 is 2.06 bits per heavy atom. The van der Waals surface area contributed by atoms with Crippen molar-refractivity contribution in [2.75, 3.05) is 6.54 Å². The molecule has 0 aromatic rings. The van der Waals surface area contributed by atoms with Gasteiger partial charge in [0.2, 0.25) is 11.8 Å². The third-order valence-electron chi connectivity index (χ3n) is 2.67. The van der Waals surface area contributed by atoms with E-state index in [0.29, 0.717) is 0 Å². The van der Waals surface area contributed by atoms with E-state index in [1.54, 1.807) is 0 Å². The minimum absolute atomic E-state index is 0.0340. The first-order chi connectivity index (χ1) is 7.70. The van der Waals surface area contributed by atoms with Gasteiger partial charge in [-0.25, -0.2) is 0 Å². The van der Waals surface area contributed by atoms with Crippen molar-refractivity contribution in [3.63, 3.8) is 0 Å². The fourth-order valence-corrected chi connectivity index (χ4v) is 1.84. The minimum Gasteiger partial charge on any atom is -0.345 e. The molecular weight excluding hydrogens is 237 g/mol. The van der Waals surface area contributed by atoms with Crippen LogP contribution in [0.1, 0.15) is 26.7 Å². The summed E-state index contributed by atoms with van der Waals surface area (Å²) in [7, 11) is 0. The van der Waals surface area contributed by atoms with Gasteiger partial charge in [-0.05, 0) is 13.8 Å². The number of rotatable bonds is 2. The van der Waals surface area contributed by atoms with E-state index in [1.165, 1.54) is 13.8 Å². The monoisotopic (exact) mass is 252 g/mol. The molecule has 0 saturated carbocycles. The first-order valence-corrected chi connectivity index (χ1v) is 5.37. The van der Waals surface area contributed by atoms with Crippen LogP contribution < -0.4 is 5.32 Å². The van der Waals surface area contributed by atoms with Crippen molar-refractivity contribution in [2.24, 2.45) is 0 Å². The molecule has 1 fully saturated rings. The number of hydrogen-bond donors (Lipinski definition) is 1. The Balaban J connectivity index is 2.74. The summed E-state index contributed by atoms with van der Waals surface area (Å²) >= 11 is 0. The van der Waals surface area contributed by atoms with Crippen LogP contribution in [0.5, 0.6) is 0 Å². The summed E-state index contributed by atoms with van der Waals surface area (Å²) in [5.74, 6) is -0.778. The first-order valence-electron chi connectivity index (χ1n) is 5.37. The molecule has 0 radical (unpaired) electrons. The molecule has 0 aromatic carbocycles. The predicted molar refractivity (Wildman–Crippen MR) is 54.1 cm³/mol. The van der Waals surface area contributed by atoms with Crippen LogP contribution >= 0.6 is 0 Å². The lowest BCUT2D eigenvalue weighted by Gasteiger charge is -2.29. The van der Waals surface area contributed by atoms with E-state index in [0.717, 1.165) is 4.90 Å². The lowest BCUT2D eigenvalue weighted by atomic mass is 10.1. The quantitative estimate of drug-likeness (QED) is 0.799. The Morgan fingerprint density at radius 3 is 2.59 bits per heavy atom. The van der Waals surface area contributed by atoms with Crippen molar-refractivity contribution in [2.45, 2.75) is 44.9 Å². The molecule has 0 aromatic heterocycles. The zero-order chi connectivity index (χ0) is 13.2. The normalized spacial score (nSPS) is 24.3. The molecule has 0 spiro atoms. The number of halogens is 3. The summed E-state index contributed by atoms with van der Waals surface area (Å²) in [5, 5.41) is 2.43. The van der Waals surface area contributed by atoms with Crippen LogP contribution in [-0.2, 0) is 9.59 Å². The molecule has 0 aliphatic carbocycles. The van der Waals surface area contributed by atoms with Gasteiger partial charge in [-0.3, -0.25) is 9.59 Å². The third-order valence-corrected chi connectivity index (χ3v) is 2.67. The number of carbonyl (C=O) groups excluding carboxylic acids is 2. The van der Waals surface area contributed by atoms with Gasteiger partial charge in [0.15, 0.2) is 0 Å². The van der Waals surface area contributed by atoms with Crippen LogP contribution in [0.25, 0.3) is 0 Å². The lowest BCUT2D eigenvalue weighted by Crippen LogP contribution is -2.47. The molecule has 1 heterocycles. The van der Waals surface area contributed by atoms with E-state index < -0.39 is 30.6 Å². The van der Waals surface area contributed by atoms with Gasteiger partial charge in [0.05, 0.1) is 6.42 Å². The maximum absolute atomic E-state index is 12.2. The van der Waals surface area contributed by atoms with Crippen LogP contribution in [-0.4, -0.2) is 41.5 Å². The second-order valence-corrected chi connectivity index (χ2v) is 4.24. The summed E-state index contributed by atoms with van der Waals surface area (Å²) in [6.45, 7) is 2.85. The number of nitrogens with one attached hydrogen (secondary N) is 1. The smallest absolute Gasteiger partial charge is 0.345 e. The second-order valence-electron chi connectivity index (χ2n) is 4.24. The van der Waals surface area contributed by atoms with Crippen molar-refractivity contribution in [1.82, 2.24) is 10.2 Å². The highest BCUT2D eigenvalue weighted by molar-refractivity contribution is 5.89. The Kier molecular flexibility index (Phi) is 4.00. The molecule has 98 valence electrons. The van der Waals surface area contributed by atoms with Crippen molar-refractivity contribution in [3.05, 3.63) is 0 Å². The minimum atomic E-state index is -4.31. The number of hydrogen-bond acceptors (Lipinski definition) is 2. The van der Waals surface area contributed by atoms with Crippen LogP contribution in [0.2, 0.25) is 0 Å². The number of amides is 2. The molecule has 7 heteroatoms. The standard InChI is InChI=1S/C10H15F3N2O2/c1-6(5-10(11,12)13)15-4-3-8(16)14-7(2)9(15)17/h6-7H,3-5H2,1-2H3,(H,14,16). The number of nitrogens with zero attached hydrogens (tertiary/aromatic N) is 1. The number of alkyl halides is 3. The Bertz CT molecular complexity index is 317. The van der Waals surface area contributed by atoms with Crippen LogP contribution in [0.4, 0.5) is 13.2 Å². The highest BCUT2D eigenvalue weighted by atomic mass is 19.4. The highest BCUT2D eigenvalue weighted by Crippen LogP contribution is 2.24. The first kappa shape index (κ1) is 13.8. The maximum Gasteiger partial charge on any atom is 0.391 e. The molecule has 1 saturated heterocycles. The lowest BCUT2D eigenvalue weighted by molar-refractivity contribution is -0.153. The largest absolute Gasteiger partial charge is 0.391 e. The van der Waals surface area contributed by atoms with Crippen molar-refractivity contribution in [1.29, 1.82) is 0 Å². The Hall–Kier alpha value is -1.27. The Morgan fingerprint density at radius 1 is 1.47 bits per heavy atom. The van der Waals surface area contributed by atoms with Crippen molar-refractivity contribution < 1.29 is 22.8 Å². The average Bonchev–Trinajstić information content (AvgIpc) is 2.25. The molecular formula is C10H15F3N2O2. The topological polar surface area (TPSA) is 49.4 Å². The molecule has 2 amide bonds. The third kappa shape index (κ3) is 3.90. The van der Waals surface area contributed by atoms with Gasteiger partial charge in [-0.2, -0.15) is 13.2 Å². The Labute approximate surface area is 97.1 Å². The van der Waals surface area contributed by atoms with Gasteiger partial charge in [0.25, 0.3) is 0 Å². The van der Waals surface area contributed by atoms with Gasteiger partial charge in [-0.15, -0.1) is 0 Å². The fraction of sp³-hybridized carbons (Fsp3) is 0.800. The van der Waals surface area contributed by atoms with E-state index in [-0.39, 0.29) is 18.9 Å². The van der Waals surface area contributed by atoms with E-state index in [4.69, 9.17) is 0 Å². The van der Waals surface area contributed by atoms with E-state index in [2.05, 4.69) is 5.32 Å². The van der Waals surface area contributed by atoms with E-state index in [1.807, 2.05) is 0 Å². The highest BCUT2D eigenvalue weighted by Gasteiger charge is 2.36. The number of carbonyl (C=O) groups is 2. The van der Waals surface area contributed by atoms with E-state index >= 15 is 0 Å². The molecule has 1 rings (SSSR count). The molecule has 2 atom stereocenters. The summed E-state index contributed by atoms with van der Waals surface area (Å²) in [5.41, 5.74) is 0. The molecule has 1 aliphatic heterocycles. The van der Waals surface area contributed by atoms with Gasteiger partial charge >= 0.3 is 6.18 Å². The zero-order valence-electron chi connectivity index (χ0n) is 9.67. The fourth-order valence-electron chi connectivity index (χ4n) is 1.84.